The van der Waals surface area contributed by atoms with Gasteiger partial charge in [-0.15, -0.1) is 10.2 Å². The van der Waals surface area contributed by atoms with Crippen LogP contribution in [0.2, 0.25) is 0 Å². The maximum atomic E-state index is 12.8. The van der Waals surface area contributed by atoms with Crippen molar-refractivity contribution >= 4 is 57.0 Å². The van der Waals surface area contributed by atoms with Gasteiger partial charge >= 0.3 is 5.97 Å². The molecule has 2 aromatic heterocycles. The number of fused-ring (bicyclic) bond motifs is 4. The number of carbonyl (C=O) groups excluding carboxylic acids is 1. The highest BCUT2D eigenvalue weighted by atomic mass is 32.2. The third-order valence-electron chi connectivity index (χ3n) is 4.77. The normalized spacial score (nSPS) is 15.2. The number of thioether (sulfide) groups is 1. The molecule has 2 aromatic carbocycles. The van der Waals surface area contributed by atoms with E-state index in [0.717, 1.165) is 22.7 Å². The average Bonchev–Trinajstić information content (AvgIpc) is 3.22. The van der Waals surface area contributed by atoms with Crippen molar-refractivity contribution in [2.75, 3.05) is 11.9 Å². The van der Waals surface area contributed by atoms with Crippen LogP contribution in [0.15, 0.2) is 58.6 Å². The average molecular weight is 403 g/mol. The van der Waals surface area contributed by atoms with Crippen molar-refractivity contribution in [3.63, 3.8) is 0 Å². The Morgan fingerprint density at radius 1 is 1.10 bits per heavy atom. The van der Waals surface area contributed by atoms with Crippen LogP contribution in [-0.4, -0.2) is 44.2 Å². The van der Waals surface area contributed by atoms with E-state index in [2.05, 4.69) is 20.2 Å². The maximum Gasteiger partial charge on any atom is 0.343 e. The second kappa shape index (κ2) is 6.42. The lowest BCUT2D eigenvalue weighted by atomic mass is 10.1. The van der Waals surface area contributed by atoms with E-state index in [1.165, 1.54) is 4.90 Å². The van der Waals surface area contributed by atoms with E-state index < -0.39 is 5.97 Å². The maximum absolute atomic E-state index is 12.8. The number of benzene rings is 2. The minimum Gasteiger partial charge on any atom is -0.477 e. The Bertz CT molecular complexity index is 1360. The fourth-order valence-electron chi connectivity index (χ4n) is 3.43. The monoisotopic (exact) mass is 403 g/mol. The molecule has 2 N–H and O–H groups in total. The first-order valence-electron chi connectivity index (χ1n) is 8.68. The fraction of sp³-hybridized carbons (Fsp3) is 0.0500. The highest BCUT2D eigenvalue weighted by molar-refractivity contribution is 8.04. The van der Waals surface area contributed by atoms with Crippen molar-refractivity contribution in [1.82, 2.24) is 20.2 Å². The van der Waals surface area contributed by atoms with Crippen molar-refractivity contribution in [2.24, 2.45) is 0 Å². The Balaban J connectivity index is 1.66. The molecular weight excluding hydrogens is 390 g/mol. The molecule has 0 saturated heterocycles. The minimum atomic E-state index is -1.22. The molecule has 4 aromatic rings. The summed E-state index contributed by atoms with van der Waals surface area (Å²) in [5, 5.41) is 19.0. The first kappa shape index (κ1) is 17.4. The highest BCUT2D eigenvalue weighted by Crippen LogP contribution is 2.41. The van der Waals surface area contributed by atoms with Crippen LogP contribution in [0, 0.1) is 0 Å². The Labute approximate surface area is 168 Å². The molecule has 0 unspecified atom stereocenters. The third-order valence-corrected chi connectivity index (χ3v) is 5.71. The largest absolute Gasteiger partial charge is 0.477 e. The Hall–Kier alpha value is -3.72. The van der Waals surface area contributed by atoms with Crippen molar-refractivity contribution in [3.8, 4) is 0 Å². The molecular formula is C20H13N5O3S. The van der Waals surface area contributed by atoms with Gasteiger partial charge in [-0.3, -0.25) is 4.79 Å². The van der Waals surface area contributed by atoms with E-state index in [-0.39, 0.29) is 21.5 Å². The predicted octanol–water partition coefficient (Wildman–Crippen LogP) is 3.07. The summed E-state index contributed by atoms with van der Waals surface area (Å²) in [7, 11) is 1.62. The van der Waals surface area contributed by atoms with Crippen molar-refractivity contribution in [3.05, 3.63) is 59.0 Å². The molecule has 0 saturated carbocycles. The summed E-state index contributed by atoms with van der Waals surface area (Å²) in [4.78, 5) is 33.8. The van der Waals surface area contributed by atoms with E-state index in [1.807, 2.05) is 24.3 Å². The highest BCUT2D eigenvalue weighted by Gasteiger charge is 2.35. The lowest BCUT2D eigenvalue weighted by molar-refractivity contribution is -0.132. The van der Waals surface area contributed by atoms with Crippen LogP contribution in [0.5, 0.6) is 0 Å². The van der Waals surface area contributed by atoms with Crippen LogP contribution in [0.4, 0.5) is 5.69 Å². The zero-order valence-corrected chi connectivity index (χ0v) is 15.9. The third kappa shape index (κ3) is 2.66. The molecule has 0 atom stereocenters. The van der Waals surface area contributed by atoms with Gasteiger partial charge in [-0.25, -0.2) is 9.78 Å². The van der Waals surface area contributed by atoms with Crippen LogP contribution in [-0.2, 0) is 9.59 Å². The van der Waals surface area contributed by atoms with Crippen LogP contribution in [0.3, 0.4) is 0 Å². The van der Waals surface area contributed by atoms with Gasteiger partial charge in [0, 0.05) is 23.5 Å². The van der Waals surface area contributed by atoms with Crippen LogP contribution >= 0.6 is 11.8 Å². The Morgan fingerprint density at radius 2 is 1.86 bits per heavy atom. The molecule has 1 aliphatic heterocycles. The fourth-order valence-corrected chi connectivity index (χ4v) is 4.22. The van der Waals surface area contributed by atoms with E-state index in [1.54, 1.807) is 31.3 Å². The molecule has 5 rings (SSSR count). The first-order chi connectivity index (χ1) is 14.0. The van der Waals surface area contributed by atoms with Gasteiger partial charge in [0.2, 0.25) is 5.16 Å². The molecule has 1 amide bonds. The number of hydrogen-bond acceptors (Lipinski definition) is 6. The number of anilines is 1. The molecule has 9 heteroatoms. The molecule has 29 heavy (non-hydrogen) atoms. The Morgan fingerprint density at radius 3 is 2.69 bits per heavy atom. The van der Waals surface area contributed by atoms with Crippen molar-refractivity contribution in [1.29, 1.82) is 0 Å². The molecule has 3 heterocycles. The van der Waals surface area contributed by atoms with Crippen molar-refractivity contribution in [2.45, 2.75) is 5.16 Å². The zero-order valence-electron chi connectivity index (χ0n) is 15.1. The number of hydrogen-bond donors (Lipinski definition) is 2. The molecule has 8 nitrogen and oxygen atoms in total. The van der Waals surface area contributed by atoms with Gasteiger partial charge in [-0.2, -0.15) is 0 Å². The standard InChI is InChI=1S/C20H13N5O3S/c1-25-13-9-5-3-7-11(13)14(18(25)26)16(19(27)28)29-20-22-15-10-6-2-4-8-12(10)21-17(15)23-24-20/h2-9H,1H3,(H,21,23)(H,27,28). The second-order valence-electron chi connectivity index (χ2n) is 6.45. The van der Waals surface area contributed by atoms with Crippen LogP contribution in [0.25, 0.3) is 27.6 Å². The predicted molar refractivity (Wildman–Crippen MR) is 109 cm³/mol. The zero-order chi connectivity index (χ0) is 20.1. The van der Waals surface area contributed by atoms with E-state index in [9.17, 15) is 14.7 Å². The summed E-state index contributed by atoms with van der Waals surface area (Å²) in [5.41, 5.74) is 3.35. The van der Waals surface area contributed by atoms with Gasteiger partial charge in [-0.1, -0.05) is 36.4 Å². The molecule has 142 valence electrons. The number of H-pyrrole nitrogens is 1. The van der Waals surface area contributed by atoms with Gasteiger partial charge in [0.25, 0.3) is 5.91 Å². The Kier molecular flexibility index (Phi) is 3.85. The number of nitrogens with zero attached hydrogens (tertiary/aromatic N) is 4. The molecule has 0 fully saturated rings. The van der Waals surface area contributed by atoms with Gasteiger partial charge < -0.3 is 15.0 Å². The van der Waals surface area contributed by atoms with Gasteiger partial charge in [-0.05, 0) is 23.9 Å². The van der Waals surface area contributed by atoms with Crippen LogP contribution in [0.1, 0.15) is 5.56 Å². The summed E-state index contributed by atoms with van der Waals surface area (Å²) < 4.78 is 0. The summed E-state index contributed by atoms with van der Waals surface area (Å²) >= 11 is 0.824. The summed E-state index contributed by atoms with van der Waals surface area (Å²) in [6.07, 6.45) is 0. The molecule has 0 radical (unpaired) electrons. The number of aromatic nitrogens is 4. The summed E-state index contributed by atoms with van der Waals surface area (Å²) in [6.45, 7) is 0. The quantitative estimate of drug-likeness (QED) is 0.399. The number of aliphatic carboxylic acids is 1. The topological polar surface area (TPSA) is 112 Å². The van der Waals surface area contributed by atoms with E-state index >= 15 is 0 Å². The smallest absolute Gasteiger partial charge is 0.343 e. The number of carboxylic acids is 1. The lowest BCUT2D eigenvalue weighted by Crippen LogP contribution is -2.21. The summed E-state index contributed by atoms with van der Waals surface area (Å²) in [6, 6.07) is 14.7. The number of para-hydroxylation sites is 2. The number of carboxylic acid groups (broad SMARTS) is 1. The van der Waals surface area contributed by atoms with Gasteiger partial charge in [0.1, 0.15) is 10.4 Å². The molecule has 0 spiro atoms. The van der Waals surface area contributed by atoms with E-state index in [0.29, 0.717) is 22.4 Å². The SMILES string of the molecule is CN1C(=O)C(=C(Sc2nnc3[nH]c4ccccc4c3n2)C(=O)O)c2ccccc21. The molecule has 0 aliphatic carbocycles. The number of aromatic amines is 1. The van der Waals surface area contributed by atoms with Gasteiger partial charge in [0.05, 0.1) is 11.3 Å². The number of carbonyl (C=O) groups is 2. The number of nitrogens with one attached hydrogen (secondary N) is 1. The lowest BCUT2D eigenvalue weighted by Gasteiger charge is -2.08. The van der Waals surface area contributed by atoms with Crippen LogP contribution < -0.4 is 4.90 Å². The van der Waals surface area contributed by atoms with Crippen molar-refractivity contribution < 1.29 is 14.7 Å². The first-order valence-corrected chi connectivity index (χ1v) is 9.50. The van der Waals surface area contributed by atoms with E-state index in [4.69, 9.17) is 0 Å². The molecule has 1 aliphatic rings. The number of amides is 1. The number of likely N-dealkylation sites (N-methyl/N-ethyl adjacent to an activating group) is 1. The number of rotatable bonds is 3. The minimum absolute atomic E-state index is 0.128. The van der Waals surface area contributed by atoms with Gasteiger partial charge in [0.15, 0.2) is 5.65 Å². The molecule has 0 bridgehead atoms. The summed E-state index contributed by atoms with van der Waals surface area (Å²) in [5.74, 6) is -1.59. The second-order valence-corrected chi connectivity index (χ2v) is 7.43.